The van der Waals surface area contributed by atoms with Crippen molar-refractivity contribution in [3.05, 3.63) is 30.0 Å². The SMILES string of the molecule is COc1cccc(OC)c1-c1cc(C(=O)NCCC2CCCCC2)nn1CC(C)C. The highest BCUT2D eigenvalue weighted by Crippen LogP contribution is 2.38. The molecule has 6 nitrogen and oxygen atoms in total. The highest BCUT2D eigenvalue weighted by Gasteiger charge is 2.22. The molecule has 1 aromatic heterocycles. The molecule has 1 fully saturated rings. The van der Waals surface area contributed by atoms with Crippen molar-refractivity contribution in [1.29, 1.82) is 0 Å². The Morgan fingerprint density at radius 3 is 2.43 bits per heavy atom. The summed E-state index contributed by atoms with van der Waals surface area (Å²) in [6.45, 7) is 5.67. The van der Waals surface area contributed by atoms with Crippen molar-refractivity contribution in [3.8, 4) is 22.8 Å². The number of ether oxygens (including phenoxy) is 2. The minimum Gasteiger partial charge on any atom is -0.496 e. The summed E-state index contributed by atoms with van der Waals surface area (Å²) in [5.41, 5.74) is 2.08. The van der Waals surface area contributed by atoms with Crippen LogP contribution in [0.5, 0.6) is 11.5 Å². The summed E-state index contributed by atoms with van der Waals surface area (Å²) in [5.74, 6) is 2.40. The molecule has 1 aromatic carbocycles. The Balaban J connectivity index is 1.82. The lowest BCUT2D eigenvalue weighted by molar-refractivity contribution is 0.0944. The first-order valence-corrected chi connectivity index (χ1v) is 11.1. The number of benzene rings is 1. The van der Waals surface area contributed by atoms with Crippen LogP contribution in [0.1, 0.15) is 62.9 Å². The number of carbonyl (C=O) groups is 1. The average Bonchev–Trinajstić information content (AvgIpc) is 3.16. The van der Waals surface area contributed by atoms with Crippen molar-refractivity contribution in [1.82, 2.24) is 15.1 Å². The van der Waals surface area contributed by atoms with Crippen LogP contribution in [0.15, 0.2) is 24.3 Å². The number of amides is 1. The minimum atomic E-state index is -0.122. The third kappa shape index (κ3) is 5.35. The molecule has 0 saturated heterocycles. The van der Waals surface area contributed by atoms with E-state index in [1.165, 1.54) is 32.1 Å². The lowest BCUT2D eigenvalue weighted by atomic mass is 9.87. The van der Waals surface area contributed by atoms with E-state index in [-0.39, 0.29) is 5.91 Å². The number of rotatable bonds is 9. The van der Waals surface area contributed by atoms with Gasteiger partial charge in [-0.15, -0.1) is 0 Å². The molecule has 0 unspecified atom stereocenters. The fourth-order valence-corrected chi connectivity index (χ4v) is 4.27. The van der Waals surface area contributed by atoms with Gasteiger partial charge in [0.1, 0.15) is 11.5 Å². The lowest BCUT2D eigenvalue weighted by Crippen LogP contribution is -2.27. The first-order chi connectivity index (χ1) is 14.5. The van der Waals surface area contributed by atoms with Crippen LogP contribution in [-0.2, 0) is 6.54 Å². The van der Waals surface area contributed by atoms with Crippen LogP contribution in [-0.4, -0.2) is 36.5 Å². The molecule has 2 aromatic rings. The van der Waals surface area contributed by atoms with Gasteiger partial charge in [0.15, 0.2) is 5.69 Å². The second-order valence-corrected chi connectivity index (χ2v) is 8.58. The number of hydrogen-bond donors (Lipinski definition) is 1. The van der Waals surface area contributed by atoms with E-state index in [2.05, 4.69) is 24.3 Å². The number of nitrogens with zero attached hydrogens (tertiary/aromatic N) is 2. The van der Waals surface area contributed by atoms with Gasteiger partial charge in [0.05, 0.1) is 25.5 Å². The molecule has 1 aliphatic carbocycles. The molecule has 0 radical (unpaired) electrons. The Kier molecular flexibility index (Phi) is 7.77. The minimum absolute atomic E-state index is 0.122. The number of carbonyl (C=O) groups excluding carboxylic acids is 1. The Bertz CT molecular complexity index is 816. The van der Waals surface area contributed by atoms with E-state index < -0.39 is 0 Å². The largest absolute Gasteiger partial charge is 0.496 e. The zero-order chi connectivity index (χ0) is 21.5. The van der Waals surface area contributed by atoms with Crippen LogP contribution in [0.2, 0.25) is 0 Å². The molecule has 1 heterocycles. The van der Waals surface area contributed by atoms with Gasteiger partial charge in [0.2, 0.25) is 0 Å². The quantitative estimate of drug-likeness (QED) is 0.633. The smallest absolute Gasteiger partial charge is 0.271 e. The third-order valence-corrected chi connectivity index (χ3v) is 5.80. The molecule has 0 aliphatic heterocycles. The lowest BCUT2D eigenvalue weighted by Gasteiger charge is -2.21. The van der Waals surface area contributed by atoms with E-state index in [9.17, 15) is 4.79 Å². The zero-order valence-corrected chi connectivity index (χ0v) is 18.7. The highest BCUT2D eigenvalue weighted by molar-refractivity contribution is 5.94. The Morgan fingerprint density at radius 1 is 1.17 bits per heavy atom. The summed E-state index contributed by atoms with van der Waals surface area (Å²) in [5, 5.41) is 7.71. The fraction of sp³-hybridized carbons (Fsp3) is 0.583. The third-order valence-electron chi connectivity index (χ3n) is 5.80. The first kappa shape index (κ1) is 22.2. The van der Waals surface area contributed by atoms with Gasteiger partial charge < -0.3 is 14.8 Å². The van der Waals surface area contributed by atoms with E-state index in [4.69, 9.17) is 9.47 Å². The molecule has 6 heteroatoms. The summed E-state index contributed by atoms with van der Waals surface area (Å²) in [7, 11) is 3.28. The predicted octanol–water partition coefficient (Wildman–Crippen LogP) is 4.92. The van der Waals surface area contributed by atoms with Crippen molar-refractivity contribution < 1.29 is 14.3 Å². The number of hydrogen-bond acceptors (Lipinski definition) is 4. The molecule has 0 bridgehead atoms. The summed E-state index contributed by atoms with van der Waals surface area (Å²) in [6, 6.07) is 7.53. The Labute approximate surface area is 180 Å². The van der Waals surface area contributed by atoms with Gasteiger partial charge in [-0.3, -0.25) is 9.48 Å². The van der Waals surface area contributed by atoms with Crippen LogP contribution in [0.4, 0.5) is 0 Å². The monoisotopic (exact) mass is 413 g/mol. The summed E-state index contributed by atoms with van der Waals surface area (Å²) >= 11 is 0. The van der Waals surface area contributed by atoms with Gasteiger partial charge >= 0.3 is 0 Å². The zero-order valence-electron chi connectivity index (χ0n) is 18.7. The van der Waals surface area contributed by atoms with E-state index in [1.807, 2.05) is 28.9 Å². The van der Waals surface area contributed by atoms with Crippen LogP contribution in [0.3, 0.4) is 0 Å². The molecule has 1 amide bonds. The maximum atomic E-state index is 12.8. The highest BCUT2D eigenvalue weighted by atomic mass is 16.5. The standard InChI is InChI=1S/C24H35N3O3/c1-17(2)16-27-20(23-21(29-3)11-8-12-22(23)30-4)15-19(26-27)24(28)25-14-13-18-9-6-5-7-10-18/h8,11-12,15,17-18H,5-7,9-10,13-14,16H2,1-4H3,(H,25,28). The van der Waals surface area contributed by atoms with Gasteiger partial charge in [-0.05, 0) is 36.5 Å². The molecule has 0 spiro atoms. The number of methoxy groups -OCH3 is 2. The molecule has 3 rings (SSSR count). The normalized spacial score (nSPS) is 14.7. The molecule has 30 heavy (non-hydrogen) atoms. The second kappa shape index (κ2) is 10.5. The van der Waals surface area contributed by atoms with Crippen molar-refractivity contribution in [2.45, 2.75) is 58.9 Å². The van der Waals surface area contributed by atoms with E-state index in [0.29, 0.717) is 36.2 Å². The van der Waals surface area contributed by atoms with E-state index >= 15 is 0 Å². The maximum Gasteiger partial charge on any atom is 0.271 e. The molecule has 1 aliphatic rings. The van der Waals surface area contributed by atoms with Gasteiger partial charge in [-0.1, -0.05) is 52.0 Å². The van der Waals surface area contributed by atoms with Crippen molar-refractivity contribution in [3.63, 3.8) is 0 Å². The van der Waals surface area contributed by atoms with Crippen LogP contribution in [0, 0.1) is 11.8 Å². The van der Waals surface area contributed by atoms with Crippen molar-refractivity contribution >= 4 is 5.91 Å². The topological polar surface area (TPSA) is 65.4 Å². The first-order valence-electron chi connectivity index (χ1n) is 11.1. The van der Waals surface area contributed by atoms with Crippen LogP contribution < -0.4 is 14.8 Å². The predicted molar refractivity (Wildman–Crippen MR) is 119 cm³/mol. The van der Waals surface area contributed by atoms with Gasteiger partial charge in [0.25, 0.3) is 5.91 Å². The molecular formula is C24H35N3O3. The number of nitrogens with one attached hydrogen (secondary N) is 1. The molecule has 1 N–H and O–H groups in total. The van der Waals surface area contributed by atoms with Gasteiger partial charge in [0, 0.05) is 13.1 Å². The van der Waals surface area contributed by atoms with E-state index in [0.717, 1.165) is 23.6 Å². The van der Waals surface area contributed by atoms with Gasteiger partial charge in [-0.25, -0.2) is 0 Å². The van der Waals surface area contributed by atoms with Crippen LogP contribution >= 0.6 is 0 Å². The van der Waals surface area contributed by atoms with Gasteiger partial charge in [-0.2, -0.15) is 5.10 Å². The molecular weight excluding hydrogens is 378 g/mol. The Hall–Kier alpha value is -2.50. The summed E-state index contributed by atoms with van der Waals surface area (Å²) in [6.07, 6.45) is 7.62. The van der Waals surface area contributed by atoms with Crippen molar-refractivity contribution in [2.75, 3.05) is 20.8 Å². The van der Waals surface area contributed by atoms with Crippen molar-refractivity contribution in [2.24, 2.45) is 11.8 Å². The fourth-order valence-electron chi connectivity index (χ4n) is 4.27. The second-order valence-electron chi connectivity index (χ2n) is 8.58. The van der Waals surface area contributed by atoms with Crippen LogP contribution in [0.25, 0.3) is 11.3 Å². The molecule has 0 atom stereocenters. The summed E-state index contributed by atoms with van der Waals surface area (Å²) < 4.78 is 13.1. The number of aromatic nitrogens is 2. The summed E-state index contributed by atoms with van der Waals surface area (Å²) in [4.78, 5) is 12.8. The molecule has 1 saturated carbocycles. The average molecular weight is 414 g/mol. The van der Waals surface area contributed by atoms with E-state index in [1.54, 1.807) is 14.2 Å². The Morgan fingerprint density at radius 2 is 1.83 bits per heavy atom. The maximum absolute atomic E-state index is 12.8. The molecule has 164 valence electrons.